The van der Waals surface area contributed by atoms with Crippen LogP contribution < -0.4 is 0 Å². The quantitative estimate of drug-likeness (QED) is 0.935. The fourth-order valence-corrected chi connectivity index (χ4v) is 3.01. The predicted octanol–water partition coefficient (Wildman–Crippen LogP) is 1.63. The van der Waals surface area contributed by atoms with Crippen LogP contribution in [0.4, 0.5) is 0 Å². The molecule has 1 atom stereocenters. The van der Waals surface area contributed by atoms with Crippen LogP contribution in [0.1, 0.15) is 28.3 Å². The van der Waals surface area contributed by atoms with Gasteiger partial charge in [-0.2, -0.15) is 0 Å². The molecular formula is C14H18N4O2S. The van der Waals surface area contributed by atoms with Crippen LogP contribution in [-0.4, -0.2) is 45.5 Å². The molecule has 0 bridgehead atoms. The summed E-state index contributed by atoms with van der Waals surface area (Å²) in [4.78, 5) is 26.0. The minimum absolute atomic E-state index is 0.0943. The van der Waals surface area contributed by atoms with Crippen LogP contribution in [0.15, 0.2) is 11.6 Å². The number of imidazole rings is 1. The minimum atomic E-state index is -0.173. The van der Waals surface area contributed by atoms with E-state index in [0.717, 1.165) is 22.2 Å². The average molecular weight is 306 g/mol. The molecule has 7 heteroatoms. The number of hydrogen-bond acceptors (Lipinski definition) is 5. The number of carbonyl (C=O) groups excluding carboxylic acids is 1. The molecule has 2 aromatic heterocycles. The lowest BCUT2D eigenvalue weighted by molar-refractivity contribution is -0.138. The van der Waals surface area contributed by atoms with Crippen molar-refractivity contribution < 1.29 is 9.53 Å². The summed E-state index contributed by atoms with van der Waals surface area (Å²) in [5.41, 5.74) is 1.84. The summed E-state index contributed by atoms with van der Waals surface area (Å²) in [5, 5.41) is 2.94. The standard InChI is InChI=1S/C14H18N4O2S/c1-9-6-15-14(16-9)12-7-18(3-4-20-12)13(19)5-11-8-21-10(2)17-11/h6,8,12H,3-5,7H2,1-2H3,(H,15,16)/t12-/m1/s1. The number of rotatable bonds is 3. The van der Waals surface area contributed by atoms with Crippen molar-refractivity contribution in [2.24, 2.45) is 0 Å². The number of aryl methyl sites for hydroxylation is 2. The largest absolute Gasteiger partial charge is 0.367 e. The highest BCUT2D eigenvalue weighted by molar-refractivity contribution is 7.09. The molecular weight excluding hydrogens is 288 g/mol. The molecule has 3 rings (SSSR count). The number of morpholine rings is 1. The van der Waals surface area contributed by atoms with Gasteiger partial charge in [-0.15, -0.1) is 11.3 Å². The first-order valence-electron chi connectivity index (χ1n) is 6.93. The van der Waals surface area contributed by atoms with E-state index in [4.69, 9.17) is 4.74 Å². The maximum atomic E-state index is 12.4. The first kappa shape index (κ1) is 14.2. The zero-order chi connectivity index (χ0) is 14.8. The number of thiazole rings is 1. The van der Waals surface area contributed by atoms with Crippen molar-refractivity contribution in [1.82, 2.24) is 19.9 Å². The monoisotopic (exact) mass is 306 g/mol. The summed E-state index contributed by atoms with van der Waals surface area (Å²) in [7, 11) is 0. The summed E-state index contributed by atoms with van der Waals surface area (Å²) in [5.74, 6) is 0.881. The van der Waals surface area contributed by atoms with Crippen LogP contribution in [-0.2, 0) is 16.0 Å². The first-order valence-corrected chi connectivity index (χ1v) is 7.81. The van der Waals surface area contributed by atoms with Crippen molar-refractivity contribution in [3.05, 3.63) is 33.8 Å². The van der Waals surface area contributed by atoms with Gasteiger partial charge in [0.1, 0.15) is 11.9 Å². The lowest BCUT2D eigenvalue weighted by Crippen LogP contribution is -2.43. The molecule has 0 unspecified atom stereocenters. The summed E-state index contributed by atoms with van der Waals surface area (Å²) in [6.45, 7) is 5.59. The van der Waals surface area contributed by atoms with Gasteiger partial charge in [-0.25, -0.2) is 9.97 Å². The molecule has 21 heavy (non-hydrogen) atoms. The molecule has 0 spiro atoms. The van der Waals surface area contributed by atoms with Crippen molar-refractivity contribution >= 4 is 17.2 Å². The van der Waals surface area contributed by atoms with Gasteiger partial charge in [0.05, 0.1) is 30.3 Å². The number of amides is 1. The number of hydrogen-bond donors (Lipinski definition) is 1. The fraction of sp³-hybridized carbons (Fsp3) is 0.500. The molecule has 0 aliphatic carbocycles. The van der Waals surface area contributed by atoms with Crippen molar-refractivity contribution in [3.63, 3.8) is 0 Å². The van der Waals surface area contributed by atoms with E-state index in [2.05, 4.69) is 15.0 Å². The average Bonchev–Trinajstić information content (AvgIpc) is 3.08. The van der Waals surface area contributed by atoms with Gasteiger partial charge in [0, 0.05) is 23.8 Å². The highest BCUT2D eigenvalue weighted by Crippen LogP contribution is 2.20. The molecule has 1 N–H and O–H groups in total. The van der Waals surface area contributed by atoms with Crippen molar-refractivity contribution in [3.8, 4) is 0 Å². The third-order valence-corrected chi connectivity index (χ3v) is 4.27. The molecule has 1 aliphatic rings. The van der Waals surface area contributed by atoms with E-state index in [9.17, 15) is 4.79 Å². The molecule has 1 fully saturated rings. The maximum Gasteiger partial charge on any atom is 0.228 e. The topological polar surface area (TPSA) is 71.1 Å². The highest BCUT2D eigenvalue weighted by Gasteiger charge is 2.27. The molecule has 112 valence electrons. The van der Waals surface area contributed by atoms with E-state index in [1.807, 2.05) is 24.1 Å². The second-order valence-corrected chi connectivity index (χ2v) is 6.25. The van der Waals surface area contributed by atoms with Gasteiger partial charge >= 0.3 is 0 Å². The molecule has 6 nitrogen and oxygen atoms in total. The molecule has 1 aliphatic heterocycles. The number of aromatic amines is 1. The number of nitrogens with one attached hydrogen (secondary N) is 1. The second-order valence-electron chi connectivity index (χ2n) is 5.19. The Labute approximate surface area is 127 Å². The van der Waals surface area contributed by atoms with E-state index in [-0.39, 0.29) is 12.0 Å². The van der Waals surface area contributed by atoms with Crippen LogP contribution in [0, 0.1) is 13.8 Å². The van der Waals surface area contributed by atoms with Crippen LogP contribution in [0.5, 0.6) is 0 Å². The number of carbonyl (C=O) groups is 1. The third kappa shape index (κ3) is 3.30. The van der Waals surface area contributed by atoms with Crippen molar-refractivity contribution in [2.75, 3.05) is 19.7 Å². The smallest absolute Gasteiger partial charge is 0.228 e. The van der Waals surface area contributed by atoms with Gasteiger partial charge in [0.2, 0.25) is 5.91 Å². The van der Waals surface area contributed by atoms with E-state index in [1.165, 1.54) is 0 Å². The Kier molecular flexibility index (Phi) is 4.03. The lowest BCUT2D eigenvalue weighted by Gasteiger charge is -2.32. The van der Waals surface area contributed by atoms with E-state index in [1.54, 1.807) is 17.5 Å². The zero-order valence-corrected chi connectivity index (χ0v) is 12.9. The van der Waals surface area contributed by atoms with Crippen LogP contribution in [0.2, 0.25) is 0 Å². The highest BCUT2D eigenvalue weighted by atomic mass is 32.1. The third-order valence-electron chi connectivity index (χ3n) is 3.45. The number of H-pyrrole nitrogens is 1. The molecule has 0 radical (unpaired) electrons. The van der Waals surface area contributed by atoms with Crippen LogP contribution in [0.25, 0.3) is 0 Å². The molecule has 1 amide bonds. The molecule has 0 saturated carbocycles. The van der Waals surface area contributed by atoms with Gasteiger partial charge in [-0.1, -0.05) is 0 Å². The minimum Gasteiger partial charge on any atom is -0.367 e. The lowest BCUT2D eigenvalue weighted by atomic mass is 10.2. The van der Waals surface area contributed by atoms with Gasteiger partial charge < -0.3 is 14.6 Å². The Morgan fingerprint density at radius 1 is 1.57 bits per heavy atom. The molecule has 2 aromatic rings. The Morgan fingerprint density at radius 2 is 2.43 bits per heavy atom. The number of nitrogens with zero attached hydrogens (tertiary/aromatic N) is 3. The molecule has 3 heterocycles. The van der Waals surface area contributed by atoms with Crippen LogP contribution in [0.3, 0.4) is 0 Å². The Hall–Kier alpha value is -1.73. The molecule has 1 saturated heterocycles. The van der Waals surface area contributed by atoms with Crippen molar-refractivity contribution in [1.29, 1.82) is 0 Å². The summed E-state index contributed by atoms with van der Waals surface area (Å²) in [6, 6.07) is 0. The first-order chi connectivity index (χ1) is 10.1. The van der Waals surface area contributed by atoms with Gasteiger partial charge in [-0.05, 0) is 13.8 Å². The maximum absolute atomic E-state index is 12.4. The number of ether oxygens (including phenoxy) is 1. The van der Waals surface area contributed by atoms with Crippen molar-refractivity contribution in [2.45, 2.75) is 26.4 Å². The van der Waals surface area contributed by atoms with Gasteiger partial charge in [0.25, 0.3) is 0 Å². The Morgan fingerprint density at radius 3 is 3.10 bits per heavy atom. The summed E-state index contributed by atoms with van der Waals surface area (Å²) >= 11 is 1.57. The molecule has 0 aromatic carbocycles. The summed E-state index contributed by atoms with van der Waals surface area (Å²) in [6.07, 6.45) is 1.96. The van der Waals surface area contributed by atoms with E-state index >= 15 is 0 Å². The SMILES string of the molecule is Cc1cnc([C@H]2CN(C(=O)Cc3csc(C)n3)CCO2)[nH]1. The number of aromatic nitrogens is 3. The summed E-state index contributed by atoms with van der Waals surface area (Å²) < 4.78 is 5.71. The normalized spacial score (nSPS) is 19.0. The van der Waals surface area contributed by atoms with E-state index in [0.29, 0.717) is 26.1 Å². The second kappa shape index (κ2) is 5.95. The Bertz CT molecular complexity index is 636. The zero-order valence-electron chi connectivity index (χ0n) is 12.1. The van der Waals surface area contributed by atoms with Gasteiger partial charge in [0.15, 0.2) is 0 Å². The Balaban J connectivity index is 1.64. The predicted molar refractivity (Wildman–Crippen MR) is 79.2 cm³/mol. The van der Waals surface area contributed by atoms with E-state index < -0.39 is 0 Å². The van der Waals surface area contributed by atoms with Gasteiger partial charge in [-0.3, -0.25) is 4.79 Å². The van der Waals surface area contributed by atoms with Crippen LogP contribution >= 0.6 is 11.3 Å². The fourth-order valence-electron chi connectivity index (χ4n) is 2.39.